The molecule has 1 aliphatic rings. The van der Waals surface area contributed by atoms with Gasteiger partial charge in [0.2, 0.25) is 5.95 Å². The Bertz CT molecular complexity index is 1210. The Balaban J connectivity index is 1.67. The van der Waals surface area contributed by atoms with Gasteiger partial charge in [0.15, 0.2) is 5.43 Å². The predicted molar refractivity (Wildman–Crippen MR) is 118 cm³/mol. The van der Waals surface area contributed by atoms with Crippen molar-refractivity contribution >= 4 is 28.2 Å². The number of thiophene rings is 1. The highest BCUT2D eigenvalue weighted by Crippen LogP contribution is 2.41. The van der Waals surface area contributed by atoms with Gasteiger partial charge >= 0.3 is 0 Å². The molecule has 0 saturated heterocycles. The number of aryl methyl sites for hydroxylation is 1. The summed E-state index contributed by atoms with van der Waals surface area (Å²) in [4.78, 5) is 30.5. The van der Waals surface area contributed by atoms with Gasteiger partial charge in [-0.15, -0.1) is 11.3 Å². The van der Waals surface area contributed by atoms with Gasteiger partial charge < -0.3 is 9.88 Å². The first kappa shape index (κ1) is 18.1. The summed E-state index contributed by atoms with van der Waals surface area (Å²) in [5.41, 5.74) is 2.75. The van der Waals surface area contributed by atoms with Crippen molar-refractivity contribution in [3.63, 3.8) is 0 Å². The van der Waals surface area contributed by atoms with Crippen LogP contribution in [0, 0.1) is 0 Å². The van der Waals surface area contributed by atoms with Crippen molar-refractivity contribution < 1.29 is 0 Å². The molecule has 0 aliphatic carbocycles. The molecule has 1 unspecified atom stereocenters. The summed E-state index contributed by atoms with van der Waals surface area (Å²) in [6.45, 7) is 2.72. The van der Waals surface area contributed by atoms with Gasteiger partial charge in [-0.2, -0.15) is 0 Å². The molecule has 1 atom stereocenters. The first-order valence-electron chi connectivity index (χ1n) is 10.0. The Kier molecular flexibility index (Phi) is 4.64. The normalized spacial score (nSPS) is 15.8. The number of benzene rings is 1. The molecule has 146 valence electrons. The number of hydrogen-bond acceptors (Lipinski definition) is 5. The van der Waals surface area contributed by atoms with Crippen LogP contribution in [-0.2, 0) is 13.0 Å². The number of unbranched alkanes of at least 4 members (excludes halogenated alkanes) is 1. The Labute approximate surface area is 173 Å². The number of nitrogens with zero attached hydrogens (tertiary/aromatic N) is 3. The van der Waals surface area contributed by atoms with Crippen LogP contribution in [0.2, 0.25) is 0 Å². The standard InChI is InChI=1S/C23H22N4OS/c1-2-3-7-15-10-11-19(29-15)21-20-17(14-27(21)23-24-12-6-13-25-23)22(28)16-8-4-5-9-18(16)26-20/h4-6,8-13,21H,2-3,7,14H2,1H3,(H,26,28). The third-order valence-corrected chi connectivity index (χ3v) is 6.69. The van der Waals surface area contributed by atoms with Crippen molar-refractivity contribution in [3.8, 4) is 0 Å². The zero-order chi connectivity index (χ0) is 19.8. The molecule has 1 aliphatic heterocycles. The average Bonchev–Trinajstić information content (AvgIpc) is 3.37. The summed E-state index contributed by atoms with van der Waals surface area (Å²) in [5.74, 6) is 0.647. The van der Waals surface area contributed by atoms with Crippen LogP contribution in [-0.4, -0.2) is 15.0 Å². The lowest BCUT2D eigenvalue weighted by molar-refractivity contribution is 0.738. The summed E-state index contributed by atoms with van der Waals surface area (Å²) >= 11 is 1.82. The van der Waals surface area contributed by atoms with Crippen LogP contribution < -0.4 is 10.3 Å². The summed E-state index contributed by atoms with van der Waals surface area (Å²) in [5, 5.41) is 0.732. The van der Waals surface area contributed by atoms with Crippen LogP contribution in [0.4, 0.5) is 5.95 Å². The van der Waals surface area contributed by atoms with Gasteiger partial charge in [0.05, 0.1) is 12.2 Å². The lowest BCUT2D eigenvalue weighted by Gasteiger charge is -2.24. The lowest BCUT2D eigenvalue weighted by atomic mass is 10.1. The van der Waals surface area contributed by atoms with Crippen molar-refractivity contribution in [3.05, 3.63) is 86.1 Å². The van der Waals surface area contributed by atoms with Crippen LogP contribution in [0.25, 0.3) is 10.9 Å². The molecule has 29 heavy (non-hydrogen) atoms. The molecule has 3 aromatic heterocycles. The minimum Gasteiger partial charge on any atom is -0.356 e. The topological polar surface area (TPSA) is 61.9 Å². The van der Waals surface area contributed by atoms with E-state index in [0.29, 0.717) is 12.5 Å². The van der Waals surface area contributed by atoms with Gasteiger partial charge in [-0.1, -0.05) is 25.5 Å². The molecule has 5 nitrogen and oxygen atoms in total. The van der Waals surface area contributed by atoms with E-state index in [1.807, 2.05) is 41.7 Å². The Morgan fingerprint density at radius 2 is 1.97 bits per heavy atom. The van der Waals surface area contributed by atoms with Gasteiger partial charge in [-0.3, -0.25) is 4.79 Å². The SMILES string of the molecule is CCCCc1ccc(C2c3[nH]c4ccccc4c(=O)c3CN2c2ncccn2)s1. The number of H-pyrrole nitrogens is 1. The van der Waals surface area contributed by atoms with E-state index in [9.17, 15) is 4.79 Å². The maximum absolute atomic E-state index is 13.2. The molecule has 0 bridgehead atoms. The predicted octanol–water partition coefficient (Wildman–Crippen LogP) is 4.83. The molecule has 0 spiro atoms. The second kappa shape index (κ2) is 7.44. The molecule has 4 heterocycles. The van der Waals surface area contributed by atoms with Gasteiger partial charge in [0.1, 0.15) is 6.04 Å². The van der Waals surface area contributed by atoms with E-state index < -0.39 is 0 Å². The molecule has 4 aromatic rings. The Morgan fingerprint density at radius 3 is 2.79 bits per heavy atom. The van der Waals surface area contributed by atoms with Crippen LogP contribution in [0.3, 0.4) is 0 Å². The first-order valence-corrected chi connectivity index (χ1v) is 10.8. The van der Waals surface area contributed by atoms with E-state index >= 15 is 0 Å². The minimum absolute atomic E-state index is 0.0786. The van der Waals surface area contributed by atoms with E-state index in [-0.39, 0.29) is 11.5 Å². The molecule has 0 saturated carbocycles. The lowest BCUT2D eigenvalue weighted by Crippen LogP contribution is -2.24. The highest BCUT2D eigenvalue weighted by Gasteiger charge is 2.37. The highest BCUT2D eigenvalue weighted by molar-refractivity contribution is 7.12. The van der Waals surface area contributed by atoms with E-state index in [2.05, 4.69) is 38.9 Å². The molecule has 1 N–H and O–H groups in total. The molecular formula is C23H22N4OS. The van der Waals surface area contributed by atoms with Gasteiger partial charge in [-0.25, -0.2) is 9.97 Å². The maximum atomic E-state index is 13.2. The Morgan fingerprint density at radius 1 is 1.14 bits per heavy atom. The van der Waals surface area contributed by atoms with Crippen molar-refractivity contribution in [2.24, 2.45) is 0 Å². The number of nitrogens with one attached hydrogen (secondary N) is 1. The number of hydrogen-bond donors (Lipinski definition) is 1. The first-order chi connectivity index (χ1) is 14.3. The number of aromatic amines is 1. The van der Waals surface area contributed by atoms with Crippen LogP contribution in [0.15, 0.2) is 59.7 Å². The molecule has 6 heteroatoms. The fourth-order valence-corrected chi connectivity index (χ4v) is 5.23. The number of fused-ring (bicyclic) bond motifs is 2. The maximum Gasteiger partial charge on any atom is 0.226 e. The van der Waals surface area contributed by atoms with Gasteiger partial charge in [0, 0.05) is 38.6 Å². The summed E-state index contributed by atoms with van der Waals surface area (Å²) in [7, 11) is 0. The number of pyridine rings is 1. The van der Waals surface area contributed by atoms with E-state index in [0.717, 1.165) is 28.6 Å². The van der Waals surface area contributed by atoms with Crippen LogP contribution in [0.5, 0.6) is 0 Å². The molecule has 0 amide bonds. The minimum atomic E-state index is -0.0786. The summed E-state index contributed by atoms with van der Waals surface area (Å²) in [6, 6.07) is 13.9. The fraction of sp³-hybridized carbons (Fsp3) is 0.261. The smallest absolute Gasteiger partial charge is 0.226 e. The molecule has 0 fully saturated rings. The second-order valence-corrected chi connectivity index (χ2v) is 8.58. The summed E-state index contributed by atoms with van der Waals surface area (Å²) < 4.78 is 0. The Hall–Kier alpha value is -2.99. The van der Waals surface area contributed by atoms with Crippen molar-refractivity contribution in [2.75, 3.05) is 4.90 Å². The van der Waals surface area contributed by atoms with Crippen molar-refractivity contribution in [2.45, 2.75) is 38.8 Å². The third kappa shape index (κ3) is 3.13. The van der Waals surface area contributed by atoms with Crippen molar-refractivity contribution in [1.29, 1.82) is 0 Å². The fourth-order valence-electron chi connectivity index (χ4n) is 4.05. The zero-order valence-corrected chi connectivity index (χ0v) is 17.1. The number of anilines is 1. The quantitative estimate of drug-likeness (QED) is 0.519. The van der Waals surface area contributed by atoms with Gasteiger partial charge in [-0.05, 0) is 43.2 Å². The highest BCUT2D eigenvalue weighted by atomic mass is 32.1. The monoisotopic (exact) mass is 402 g/mol. The molecule has 0 radical (unpaired) electrons. The second-order valence-electron chi connectivity index (χ2n) is 7.38. The number of para-hydroxylation sites is 1. The van der Waals surface area contributed by atoms with Crippen LogP contribution >= 0.6 is 11.3 Å². The molecule has 5 rings (SSSR count). The van der Waals surface area contributed by atoms with E-state index in [1.54, 1.807) is 12.4 Å². The van der Waals surface area contributed by atoms with Crippen molar-refractivity contribution in [1.82, 2.24) is 15.0 Å². The zero-order valence-electron chi connectivity index (χ0n) is 16.3. The number of rotatable bonds is 5. The van der Waals surface area contributed by atoms with E-state index in [4.69, 9.17) is 0 Å². The molecular weight excluding hydrogens is 380 g/mol. The number of aromatic nitrogens is 3. The van der Waals surface area contributed by atoms with Crippen LogP contribution in [0.1, 0.15) is 46.8 Å². The third-order valence-electron chi connectivity index (χ3n) is 5.49. The molecule has 1 aromatic carbocycles. The van der Waals surface area contributed by atoms with E-state index in [1.165, 1.54) is 22.6 Å². The average molecular weight is 403 g/mol. The summed E-state index contributed by atoms with van der Waals surface area (Å²) in [6.07, 6.45) is 6.97. The largest absolute Gasteiger partial charge is 0.356 e. The van der Waals surface area contributed by atoms with Gasteiger partial charge in [0.25, 0.3) is 0 Å².